The number of rotatable bonds is 9. The minimum Gasteiger partial charge on any atom is -0.481 e. The molecule has 1 unspecified atom stereocenters. The van der Waals surface area contributed by atoms with Gasteiger partial charge in [-0.25, -0.2) is 4.79 Å². The predicted molar refractivity (Wildman–Crippen MR) is 154 cm³/mol. The number of hydrogen-bond donors (Lipinski definition) is 2. The minimum atomic E-state index is -1.09. The lowest BCUT2D eigenvalue weighted by molar-refractivity contribution is -0.145. The van der Waals surface area contributed by atoms with E-state index in [1.165, 1.54) is 0 Å². The molecule has 8 heteroatoms. The molecule has 2 saturated heterocycles. The first-order valence-corrected chi connectivity index (χ1v) is 14.3. The van der Waals surface area contributed by atoms with Crippen LogP contribution in [0.2, 0.25) is 0 Å². The first-order chi connectivity index (χ1) is 19.9. The smallest absolute Gasteiger partial charge is 0.408 e. The highest BCUT2D eigenvalue weighted by molar-refractivity contribution is 5.91. The second kappa shape index (κ2) is 11.4. The Balaban J connectivity index is 1.15. The fraction of sp³-hybridized carbons (Fsp3) is 0.364. The number of fused-ring (bicyclic) bond motifs is 3. The highest BCUT2D eigenvalue weighted by atomic mass is 16.5. The molecule has 3 aliphatic rings. The molecule has 2 aliphatic heterocycles. The van der Waals surface area contributed by atoms with Gasteiger partial charge >= 0.3 is 12.1 Å². The molecule has 6 rings (SSSR count). The third-order valence-corrected chi connectivity index (χ3v) is 8.70. The maximum atomic E-state index is 13.9. The van der Waals surface area contributed by atoms with Crippen LogP contribution in [0.3, 0.4) is 0 Å². The molecule has 0 saturated carbocycles. The zero-order valence-electron chi connectivity index (χ0n) is 23.0. The Bertz CT molecular complexity index is 1390. The second-order valence-electron chi connectivity index (χ2n) is 11.5. The topological polar surface area (TPSA) is 99.2 Å². The van der Waals surface area contributed by atoms with Crippen LogP contribution >= 0.6 is 0 Å². The van der Waals surface area contributed by atoms with Crippen LogP contribution in [-0.4, -0.2) is 71.2 Å². The third kappa shape index (κ3) is 5.57. The summed E-state index contributed by atoms with van der Waals surface area (Å²) in [5, 5.41) is 12.0. The Morgan fingerprint density at radius 1 is 0.902 bits per heavy atom. The molecule has 0 spiro atoms. The van der Waals surface area contributed by atoms with Gasteiger partial charge in [-0.2, -0.15) is 0 Å². The summed E-state index contributed by atoms with van der Waals surface area (Å²) in [6, 6.07) is 26.5. The van der Waals surface area contributed by atoms with Crippen LogP contribution in [0.4, 0.5) is 4.79 Å². The summed E-state index contributed by atoms with van der Waals surface area (Å²) < 4.78 is 5.84. The van der Waals surface area contributed by atoms with Crippen molar-refractivity contribution in [3.8, 4) is 11.1 Å². The van der Waals surface area contributed by atoms with Gasteiger partial charge in [-0.05, 0) is 46.6 Å². The normalized spacial score (nSPS) is 20.2. The quantitative estimate of drug-likeness (QED) is 0.405. The molecular weight excluding hydrogens is 518 g/mol. The number of benzene rings is 3. The van der Waals surface area contributed by atoms with Crippen LogP contribution in [0.25, 0.3) is 11.1 Å². The highest BCUT2D eigenvalue weighted by Gasteiger charge is 2.50. The molecule has 8 nitrogen and oxygen atoms in total. The number of amides is 2. The molecule has 3 aromatic rings. The van der Waals surface area contributed by atoms with Gasteiger partial charge in [-0.15, -0.1) is 0 Å². The SMILES string of the molecule is O=C(O)CCC1CN(C(=O)C2(NC(=O)OCC3c4ccccc4-c4ccccc43)CCN(Cc3ccccc3)C2)C1. The standard InChI is InChI=1S/C33H35N3O5/c37-30(38)15-14-24-19-36(20-24)31(39)33(16-17-35(22-33)18-23-8-2-1-3-9-23)34-32(40)41-21-29-27-12-6-4-10-25(27)26-11-5-7-13-28(26)29/h1-13,24,29H,14-22H2,(H,34,40)(H,37,38). The number of likely N-dealkylation sites (tertiary alicyclic amines) is 2. The molecule has 3 aromatic carbocycles. The largest absolute Gasteiger partial charge is 0.481 e. The van der Waals surface area contributed by atoms with Gasteiger partial charge in [0.1, 0.15) is 12.1 Å². The predicted octanol–water partition coefficient (Wildman–Crippen LogP) is 4.49. The lowest BCUT2D eigenvalue weighted by Crippen LogP contribution is -2.65. The lowest BCUT2D eigenvalue weighted by Gasteiger charge is -2.44. The number of carboxylic acid groups (broad SMARTS) is 1. The Kier molecular flexibility index (Phi) is 7.49. The number of carbonyl (C=O) groups is 3. The number of ether oxygens (including phenoxy) is 1. The number of nitrogens with zero attached hydrogens (tertiary/aromatic N) is 2. The molecule has 2 amide bonds. The van der Waals surface area contributed by atoms with Crippen LogP contribution in [-0.2, 0) is 20.9 Å². The Hall–Kier alpha value is -4.17. The summed E-state index contributed by atoms with van der Waals surface area (Å²) in [5.41, 5.74) is 4.65. The van der Waals surface area contributed by atoms with E-state index >= 15 is 0 Å². The van der Waals surface area contributed by atoms with Crippen molar-refractivity contribution in [2.45, 2.75) is 37.3 Å². The lowest BCUT2D eigenvalue weighted by atomic mass is 9.89. The number of alkyl carbamates (subject to hydrolysis) is 1. The number of aliphatic carboxylic acids is 1. The van der Waals surface area contributed by atoms with Crippen molar-refractivity contribution in [3.05, 3.63) is 95.6 Å². The molecular formula is C33H35N3O5. The van der Waals surface area contributed by atoms with Gasteiger partial charge in [0, 0.05) is 45.1 Å². The summed E-state index contributed by atoms with van der Waals surface area (Å²) in [6.07, 6.45) is 0.538. The summed E-state index contributed by atoms with van der Waals surface area (Å²) in [7, 11) is 0. The molecule has 0 aromatic heterocycles. The maximum absolute atomic E-state index is 13.9. The molecule has 2 N–H and O–H groups in total. The van der Waals surface area contributed by atoms with E-state index in [-0.39, 0.29) is 30.8 Å². The number of hydrogen-bond acceptors (Lipinski definition) is 5. The van der Waals surface area contributed by atoms with Gasteiger partial charge in [0.05, 0.1) is 0 Å². The number of carboxylic acids is 1. The monoisotopic (exact) mass is 553 g/mol. The molecule has 2 heterocycles. The average Bonchev–Trinajstić information content (AvgIpc) is 3.50. The van der Waals surface area contributed by atoms with Gasteiger partial charge < -0.3 is 20.1 Å². The van der Waals surface area contributed by atoms with E-state index in [1.807, 2.05) is 42.5 Å². The van der Waals surface area contributed by atoms with Gasteiger partial charge in [-0.3, -0.25) is 14.5 Å². The van der Waals surface area contributed by atoms with E-state index in [1.54, 1.807) is 4.90 Å². The van der Waals surface area contributed by atoms with Crippen LogP contribution in [0, 0.1) is 5.92 Å². The zero-order valence-corrected chi connectivity index (χ0v) is 23.0. The highest BCUT2D eigenvalue weighted by Crippen LogP contribution is 2.44. The summed E-state index contributed by atoms with van der Waals surface area (Å²) in [4.78, 5) is 42.1. The van der Waals surface area contributed by atoms with Gasteiger partial charge in [0.25, 0.3) is 0 Å². The van der Waals surface area contributed by atoms with E-state index in [0.29, 0.717) is 45.6 Å². The zero-order chi connectivity index (χ0) is 28.4. The fourth-order valence-corrected chi connectivity index (χ4v) is 6.57. The van der Waals surface area contributed by atoms with E-state index in [4.69, 9.17) is 9.84 Å². The average molecular weight is 554 g/mol. The van der Waals surface area contributed by atoms with Crippen molar-refractivity contribution in [2.24, 2.45) is 5.92 Å². The summed E-state index contributed by atoms with van der Waals surface area (Å²) in [5.74, 6) is -0.838. The van der Waals surface area contributed by atoms with Gasteiger partial charge in [0.2, 0.25) is 5.91 Å². The van der Waals surface area contributed by atoms with Crippen LogP contribution in [0.5, 0.6) is 0 Å². The van der Waals surface area contributed by atoms with Gasteiger partial charge in [-0.1, -0.05) is 78.9 Å². The second-order valence-corrected chi connectivity index (χ2v) is 11.5. The first kappa shape index (κ1) is 27.0. The third-order valence-electron chi connectivity index (χ3n) is 8.70. The van der Waals surface area contributed by atoms with Crippen LogP contribution < -0.4 is 5.32 Å². The molecule has 1 aliphatic carbocycles. The Morgan fingerprint density at radius 2 is 1.54 bits per heavy atom. The molecule has 1 atom stereocenters. The van der Waals surface area contributed by atoms with Crippen molar-refractivity contribution in [1.29, 1.82) is 0 Å². The van der Waals surface area contributed by atoms with E-state index < -0.39 is 17.6 Å². The summed E-state index contributed by atoms with van der Waals surface area (Å²) in [6.45, 7) is 2.95. The van der Waals surface area contributed by atoms with E-state index in [9.17, 15) is 14.4 Å². The molecule has 0 bridgehead atoms. The molecule has 2 fully saturated rings. The van der Waals surface area contributed by atoms with E-state index in [0.717, 1.165) is 27.8 Å². The van der Waals surface area contributed by atoms with Crippen molar-refractivity contribution in [1.82, 2.24) is 15.1 Å². The molecule has 212 valence electrons. The van der Waals surface area contributed by atoms with Gasteiger partial charge in [0.15, 0.2) is 0 Å². The number of carbonyl (C=O) groups excluding carboxylic acids is 2. The number of nitrogens with one attached hydrogen (secondary N) is 1. The Labute approximate surface area is 239 Å². The van der Waals surface area contributed by atoms with E-state index in [2.05, 4.69) is 46.6 Å². The minimum absolute atomic E-state index is 0.0664. The van der Waals surface area contributed by atoms with Crippen molar-refractivity contribution in [2.75, 3.05) is 32.8 Å². The Morgan fingerprint density at radius 3 is 2.20 bits per heavy atom. The van der Waals surface area contributed by atoms with Crippen LogP contribution in [0.15, 0.2) is 78.9 Å². The van der Waals surface area contributed by atoms with Crippen molar-refractivity contribution in [3.63, 3.8) is 0 Å². The maximum Gasteiger partial charge on any atom is 0.408 e. The first-order valence-electron chi connectivity index (χ1n) is 14.3. The summed E-state index contributed by atoms with van der Waals surface area (Å²) >= 11 is 0. The molecule has 41 heavy (non-hydrogen) atoms. The fourth-order valence-electron chi connectivity index (χ4n) is 6.57. The van der Waals surface area contributed by atoms with Crippen LogP contribution in [0.1, 0.15) is 41.9 Å². The van der Waals surface area contributed by atoms with Crippen molar-refractivity contribution < 1.29 is 24.2 Å². The van der Waals surface area contributed by atoms with Crippen molar-refractivity contribution >= 4 is 18.0 Å². The molecule has 0 radical (unpaired) electrons.